The summed E-state index contributed by atoms with van der Waals surface area (Å²) in [6.07, 6.45) is 1.64. The van der Waals surface area contributed by atoms with Gasteiger partial charge in [0.05, 0.1) is 0 Å². The van der Waals surface area contributed by atoms with Gasteiger partial charge < -0.3 is 13.9 Å². The lowest BCUT2D eigenvalue weighted by atomic mass is 9.92. The molecule has 0 amide bonds. The van der Waals surface area contributed by atoms with Gasteiger partial charge in [-0.2, -0.15) is 13.2 Å². The minimum absolute atomic E-state index is 0.232. The maximum Gasteiger partial charge on any atom is 0.400 e. The third kappa shape index (κ3) is 6.50. The molecule has 3 rings (SSSR count). The van der Waals surface area contributed by atoms with Gasteiger partial charge in [0.25, 0.3) is 0 Å². The van der Waals surface area contributed by atoms with Crippen LogP contribution in [0.4, 0.5) is 13.2 Å². The van der Waals surface area contributed by atoms with Gasteiger partial charge in [-0.3, -0.25) is 0 Å². The Morgan fingerprint density at radius 2 is 1.83 bits per heavy atom. The monoisotopic (exact) mass is 502 g/mol. The summed E-state index contributed by atoms with van der Waals surface area (Å²) in [7, 11) is 0. The van der Waals surface area contributed by atoms with Crippen LogP contribution in [0.3, 0.4) is 0 Å². The minimum Gasteiger partial charge on any atom is -0.492 e. The summed E-state index contributed by atoms with van der Waals surface area (Å²) >= 11 is 0. The molecule has 1 aromatic heterocycles. The second-order valence-corrected chi connectivity index (χ2v) is 9.27. The molecule has 0 saturated carbocycles. The van der Waals surface area contributed by atoms with Crippen molar-refractivity contribution >= 4 is 16.9 Å². The number of esters is 1. The van der Waals surface area contributed by atoms with Crippen LogP contribution in [-0.2, 0) is 22.4 Å². The first kappa shape index (κ1) is 27.4. The van der Waals surface area contributed by atoms with Gasteiger partial charge >= 0.3 is 12.1 Å². The average Bonchev–Trinajstić information content (AvgIpc) is 3.28. The van der Waals surface area contributed by atoms with E-state index in [1.54, 1.807) is 18.2 Å². The van der Waals surface area contributed by atoms with Gasteiger partial charge in [-0.05, 0) is 55.5 Å². The number of alkyl halides is 3. The summed E-state index contributed by atoms with van der Waals surface area (Å²) < 4.78 is 57.3. The average molecular weight is 503 g/mol. The smallest absolute Gasteiger partial charge is 0.400 e. The van der Waals surface area contributed by atoms with Crippen molar-refractivity contribution in [3.8, 4) is 17.1 Å². The van der Waals surface area contributed by atoms with Crippen LogP contribution < -0.4 is 4.74 Å². The van der Waals surface area contributed by atoms with E-state index in [0.717, 1.165) is 43.2 Å². The molecular weight excluding hydrogens is 469 g/mol. The predicted octanol–water partition coefficient (Wildman–Crippen LogP) is 8.07. The molecule has 0 fully saturated rings. The van der Waals surface area contributed by atoms with Gasteiger partial charge in [-0.1, -0.05) is 51.5 Å². The van der Waals surface area contributed by atoms with Crippen molar-refractivity contribution in [2.24, 2.45) is 5.41 Å². The quantitative estimate of drug-likeness (QED) is 0.143. The van der Waals surface area contributed by atoms with E-state index in [2.05, 4.69) is 43.4 Å². The molecule has 0 aliphatic carbocycles. The van der Waals surface area contributed by atoms with Crippen LogP contribution in [-0.4, -0.2) is 25.4 Å². The van der Waals surface area contributed by atoms with Gasteiger partial charge in [0.1, 0.15) is 35.7 Å². The Morgan fingerprint density at radius 3 is 2.50 bits per heavy atom. The molecule has 0 spiro atoms. The molecule has 0 bridgehead atoms. The number of benzene rings is 2. The highest BCUT2D eigenvalue weighted by atomic mass is 19.4. The van der Waals surface area contributed by atoms with Crippen LogP contribution in [0.25, 0.3) is 22.3 Å². The zero-order valence-electron chi connectivity index (χ0n) is 21.0. The summed E-state index contributed by atoms with van der Waals surface area (Å²) in [4.78, 5) is 11.3. The SMILES string of the molecule is C=CC(=O)OCC(C)(COc1ccc2cc(-c3ccc(CCCCC)cc3CC)oc2c1)C(F)(F)F. The van der Waals surface area contributed by atoms with Crippen LogP contribution in [0, 0.1) is 5.41 Å². The van der Waals surface area contributed by atoms with E-state index in [1.807, 2.05) is 6.07 Å². The lowest BCUT2D eigenvalue weighted by molar-refractivity contribution is -0.240. The Labute approximate surface area is 210 Å². The molecule has 1 heterocycles. The van der Waals surface area contributed by atoms with Gasteiger partial charge in [0.15, 0.2) is 0 Å². The number of aryl methyl sites for hydroxylation is 2. The highest BCUT2D eigenvalue weighted by Gasteiger charge is 2.53. The normalized spacial score (nSPS) is 13.4. The Kier molecular flexibility index (Phi) is 8.88. The number of halogens is 3. The molecule has 3 aromatic rings. The van der Waals surface area contributed by atoms with E-state index in [0.29, 0.717) is 11.3 Å². The van der Waals surface area contributed by atoms with Crippen molar-refractivity contribution in [3.05, 3.63) is 66.2 Å². The Hall–Kier alpha value is -3.22. The number of rotatable bonds is 12. The van der Waals surface area contributed by atoms with Gasteiger partial charge in [-0.15, -0.1) is 0 Å². The highest BCUT2D eigenvalue weighted by molar-refractivity contribution is 5.84. The van der Waals surface area contributed by atoms with Crippen molar-refractivity contribution in [2.75, 3.05) is 13.2 Å². The molecule has 1 unspecified atom stereocenters. The third-order valence-corrected chi connectivity index (χ3v) is 6.32. The maximum absolute atomic E-state index is 13.7. The van der Waals surface area contributed by atoms with Gasteiger partial charge in [-0.25, -0.2) is 4.79 Å². The fourth-order valence-corrected chi connectivity index (χ4v) is 3.89. The largest absolute Gasteiger partial charge is 0.492 e. The topological polar surface area (TPSA) is 48.7 Å². The molecule has 0 aliphatic heterocycles. The van der Waals surface area contributed by atoms with Gasteiger partial charge in [0.2, 0.25) is 0 Å². The summed E-state index contributed by atoms with van der Waals surface area (Å²) in [6, 6.07) is 13.3. The molecule has 7 heteroatoms. The molecule has 1 atom stereocenters. The number of hydrogen-bond donors (Lipinski definition) is 0. The Bertz CT molecular complexity index is 1190. The molecule has 0 radical (unpaired) electrons. The number of fused-ring (bicyclic) bond motifs is 1. The summed E-state index contributed by atoms with van der Waals surface area (Å²) in [6.45, 7) is 6.85. The van der Waals surface area contributed by atoms with E-state index >= 15 is 0 Å². The number of carbonyl (C=O) groups excluding carboxylic acids is 1. The van der Waals surface area contributed by atoms with Crippen molar-refractivity contribution in [1.29, 1.82) is 0 Å². The zero-order chi connectivity index (χ0) is 26.3. The third-order valence-electron chi connectivity index (χ3n) is 6.32. The summed E-state index contributed by atoms with van der Waals surface area (Å²) in [5, 5.41) is 0.824. The lowest BCUT2D eigenvalue weighted by Gasteiger charge is -2.31. The fraction of sp³-hybridized carbons (Fsp3) is 0.414. The summed E-state index contributed by atoms with van der Waals surface area (Å²) in [5.74, 6) is 0.0157. The maximum atomic E-state index is 13.7. The lowest BCUT2D eigenvalue weighted by Crippen LogP contribution is -2.44. The van der Waals surface area contributed by atoms with Crippen LogP contribution in [0.2, 0.25) is 0 Å². The molecule has 0 saturated heterocycles. The van der Waals surface area contributed by atoms with E-state index < -0.39 is 30.8 Å². The molecule has 194 valence electrons. The first-order valence-electron chi connectivity index (χ1n) is 12.2. The number of ether oxygens (including phenoxy) is 2. The van der Waals surface area contributed by atoms with Crippen molar-refractivity contribution in [1.82, 2.24) is 0 Å². The van der Waals surface area contributed by atoms with Crippen molar-refractivity contribution in [3.63, 3.8) is 0 Å². The first-order chi connectivity index (χ1) is 17.1. The Morgan fingerprint density at radius 1 is 1.06 bits per heavy atom. The van der Waals surface area contributed by atoms with Crippen molar-refractivity contribution < 1.29 is 31.9 Å². The molecular formula is C29H33F3O4. The van der Waals surface area contributed by atoms with Gasteiger partial charge in [0, 0.05) is 23.1 Å². The van der Waals surface area contributed by atoms with Crippen LogP contribution >= 0.6 is 0 Å². The standard InChI is InChI=1S/C29H33F3O4/c1-5-8-9-10-20-11-14-24(21(6-2)15-20)26-16-22-12-13-23(17-25(22)36-26)34-18-28(4,29(30,31)32)19-35-27(33)7-3/h7,11-17H,3,5-6,8-10,18-19H2,1-2,4H3. The second-order valence-electron chi connectivity index (χ2n) is 9.27. The first-order valence-corrected chi connectivity index (χ1v) is 12.2. The van der Waals surface area contributed by atoms with E-state index in [-0.39, 0.29) is 5.75 Å². The van der Waals surface area contributed by atoms with Crippen LogP contribution in [0.5, 0.6) is 5.75 Å². The molecule has 4 nitrogen and oxygen atoms in total. The zero-order valence-corrected chi connectivity index (χ0v) is 21.0. The van der Waals surface area contributed by atoms with E-state index in [9.17, 15) is 18.0 Å². The minimum atomic E-state index is -4.64. The number of carbonyl (C=O) groups is 1. The van der Waals surface area contributed by atoms with Crippen molar-refractivity contribution in [2.45, 2.75) is 59.1 Å². The molecule has 36 heavy (non-hydrogen) atoms. The van der Waals surface area contributed by atoms with Crippen LogP contribution in [0.1, 0.15) is 51.2 Å². The molecule has 2 aromatic carbocycles. The highest BCUT2D eigenvalue weighted by Crippen LogP contribution is 2.39. The summed E-state index contributed by atoms with van der Waals surface area (Å²) in [5.41, 5.74) is 1.63. The number of furan rings is 1. The van der Waals surface area contributed by atoms with E-state index in [1.165, 1.54) is 24.0 Å². The number of hydrogen-bond acceptors (Lipinski definition) is 4. The van der Waals surface area contributed by atoms with E-state index in [4.69, 9.17) is 9.15 Å². The fourth-order valence-electron chi connectivity index (χ4n) is 3.89. The Balaban J connectivity index is 1.79. The second kappa shape index (κ2) is 11.7. The predicted molar refractivity (Wildman–Crippen MR) is 135 cm³/mol. The number of unbranched alkanes of at least 4 members (excludes halogenated alkanes) is 2. The van der Waals surface area contributed by atoms with Crippen LogP contribution in [0.15, 0.2) is 59.5 Å². The molecule has 0 N–H and O–H groups in total. The molecule has 0 aliphatic rings.